The second-order valence-electron chi connectivity index (χ2n) is 6.64. The average Bonchev–Trinajstić information content (AvgIpc) is 3.09. The zero-order valence-corrected chi connectivity index (χ0v) is 17.5. The van der Waals surface area contributed by atoms with Crippen molar-refractivity contribution in [3.8, 4) is 17.0 Å². The van der Waals surface area contributed by atoms with Crippen LogP contribution in [0.3, 0.4) is 0 Å². The van der Waals surface area contributed by atoms with Crippen LogP contribution >= 0.6 is 28.4 Å². The molecule has 1 atom stereocenters. The SMILES string of the molecule is COc1nc(B2OC(C)(C)C(C)(C)O2)ccc1-c1cnn(PI)c1. The van der Waals surface area contributed by atoms with Crippen LogP contribution in [0.15, 0.2) is 24.5 Å². The molecule has 2 aromatic heterocycles. The summed E-state index contributed by atoms with van der Waals surface area (Å²) in [5, 5.41) is 4.31. The van der Waals surface area contributed by atoms with Crippen molar-refractivity contribution in [1.82, 2.24) is 14.5 Å². The predicted octanol–water partition coefficient (Wildman–Crippen LogP) is 3.04. The van der Waals surface area contributed by atoms with Crippen molar-refractivity contribution in [2.75, 3.05) is 7.11 Å². The summed E-state index contributed by atoms with van der Waals surface area (Å²) in [6.45, 7) is 8.10. The lowest BCUT2D eigenvalue weighted by atomic mass is 9.84. The molecule has 0 saturated carbocycles. The molecule has 0 radical (unpaired) electrons. The highest BCUT2D eigenvalue weighted by atomic mass is 127. The fourth-order valence-corrected chi connectivity index (χ4v) is 3.51. The Bertz CT molecular complexity index is 737. The van der Waals surface area contributed by atoms with E-state index in [0.717, 1.165) is 11.1 Å². The number of ether oxygens (including phenoxy) is 1. The number of halogens is 1. The van der Waals surface area contributed by atoms with Gasteiger partial charge in [-0.1, -0.05) is 0 Å². The van der Waals surface area contributed by atoms with E-state index in [1.807, 2.05) is 56.7 Å². The number of hydrogen-bond acceptors (Lipinski definition) is 5. The van der Waals surface area contributed by atoms with Crippen molar-refractivity contribution in [3.05, 3.63) is 24.5 Å². The summed E-state index contributed by atoms with van der Waals surface area (Å²) in [5.74, 6) is 0.540. The molecule has 0 aromatic carbocycles. The van der Waals surface area contributed by atoms with Gasteiger partial charge in [-0.15, -0.1) is 0 Å². The third-order valence-electron chi connectivity index (χ3n) is 4.55. The van der Waals surface area contributed by atoms with Gasteiger partial charge in [0.2, 0.25) is 5.88 Å². The number of nitrogens with zero attached hydrogens (tertiary/aromatic N) is 3. The summed E-state index contributed by atoms with van der Waals surface area (Å²) in [5.41, 5.74) is 1.79. The smallest absolute Gasteiger partial charge is 0.481 e. The summed E-state index contributed by atoms with van der Waals surface area (Å²) >= 11 is 2.29. The van der Waals surface area contributed by atoms with Gasteiger partial charge in [0.25, 0.3) is 0 Å². The topological polar surface area (TPSA) is 58.4 Å². The van der Waals surface area contributed by atoms with Gasteiger partial charge >= 0.3 is 7.12 Å². The molecule has 6 nitrogen and oxygen atoms in total. The lowest BCUT2D eigenvalue weighted by molar-refractivity contribution is 0.00578. The van der Waals surface area contributed by atoms with Crippen molar-refractivity contribution in [3.63, 3.8) is 0 Å². The van der Waals surface area contributed by atoms with E-state index in [1.54, 1.807) is 7.11 Å². The van der Waals surface area contributed by atoms with E-state index in [9.17, 15) is 0 Å². The van der Waals surface area contributed by atoms with Crippen LogP contribution in [0.4, 0.5) is 0 Å². The lowest BCUT2D eigenvalue weighted by Crippen LogP contribution is -2.41. The Morgan fingerprint density at radius 1 is 1.21 bits per heavy atom. The van der Waals surface area contributed by atoms with Crippen LogP contribution in [0, 0.1) is 0 Å². The van der Waals surface area contributed by atoms with E-state index in [0.29, 0.717) is 17.8 Å². The Labute approximate surface area is 157 Å². The molecule has 0 aliphatic carbocycles. The Morgan fingerprint density at radius 2 is 1.88 bits per heavy atom. The van der Waals surface area contributed by atoms with Gasteiger partial charge in [-0.05, 0) is 61.9 Å². The second kappa shape index (κ2) is 6.55. The Morgan fingerprint density at radius 3 is 2.42 bits per heavy atom. The molecule has 24 heavy (non-hydrogen) atoms. The summed E-state index contributed by atoms with van der Waals surface area (Å²) < 4.78 is 19.5. The summed E-state index contributed by atoms with van der Waals surface area (Å²) in [6, 6.07) is 3.90. The summed E-state index contributed by atoms with van der Waals surface area (Å²) in [6.07, 6.45) is 4.36. The monoisotopic (exact) mass is 459 g/mol. The molecule has 3 heterocycles. The van der Waals surface area contributed by atoms with E-state index >= 15 is 0 Å². The molecule has 1 unspecified atom stereocenters. The quantitative estimate of drug-likeness (QED) is 0.400. The average molecular weight is 459 g/mol. The largest absolute Gasteiger partial charge is 0.514 e. The van der Waals surface area contributed by atoms with Gasteiger partial charge in [-0.3, -0.25) is 0 Å². The van der Waals surface area contributed by atoms with Crippen LogP contribution in [-0.2, 0) is 9.31 Å². The zero-order valence-electron chi connectivity index (χ0n) is 14.3. The second-order valence-corrected chi connectivity index (χ2v) is 8.71. The maximum Gasteiger partial charge on any atom is 0.514 e. The van der Waals surface area contributed by atoms with Crippen LogP contribution in [0.25, 0.3) is 11.1 Å². The Balaban J connectivity index is 1.93. The molecule has 1 fully saturated rings. The third-order valence-corrected chi connectivity index (χ3v) is 6.45. The Hall–Kier alpha value is -0.695. The lowest BCUT2D eigenvalue weighted by Gasteiger charge is -2.32. The third kappa shape index (κ3) is 3.21. The summed E-state index contributed by atoms with van der Waals surface area (Å²) in [7, 11) is 1.11. The van der Waals surface area contributed by atoms with Crippen LogP contribution in [0.2, 0.25) is 0 Å². The van der Waals surface area contributed by atoms with E-state index < -0.39 is 18.3 Å². The first kappa shape index (κ1) is 18.1. The van der Waals surface area contributed by atoms with Crippen molar-refractivity contribution in [2.24, 2.45) is 0 Å². The highest BCUT2D eigenvalue weighted by Crippen LogP contribution is 2.37. The molecule has 3 rings (SSSR count). The molecule has 1 aliphatic rings. The first-order chi connectivity index (χ1) is 11.3. The molecule has 128 valence electrons. The predicted molar refractivity (Wildman–Crippen MR) is 105 cm³/mol. The van der Waals surface area contributed by atoms with Crippen LogP contribution < -0.4 is 10.3 Å². The van der Waals surface area contributed by atoms with Crippen molar-refractivity contribution < 1.29 is 14.0 Å². The van der Waals surface area contributed by atoms with Gasteiger partial charge in [0.1, 0.15) is 0 Å². The van der Waals surface area contributed by atoms with Crippen molar-refractivity contribution in [1.29, 1.82) is 0 Å². The van der Waals surface area contributed by atoms with Gasteiger partial charge in [0.05, 0.1) is 36.5 Å². The standard InChI is InChI=1S/C15H20BIN3O3P/c1-14(2)15(3,4)23-16(22-14)12-7-6-11(13(19-12)21-5)10-8-18-20(9-10)24-17/h6-9,24H,1-5H3. The minimum atomic E-state index is -0.503. The minimum Gasteiger partial charge on any atom is -0.481 e. The van der Waals surface area contributed by atoms with Gasteiger partial charge in [0.15, 0.2) is 0 Å². The number of methoxy groups -OCH3 is 1. The zero-order chi connectivity index (χ0) is 17.5. The van der Waals surface area contributed by atoms with Gasteiger partial charge in [-0.2, -0.15) is 5.10 Å². The molecule has 0 spiro atoms. The van der Waals surface area contributed by atoms with Crippen molar-refractivity contribution in [2.45, 2.75) is 38.9 Å². The van der Waals surface area contributed by atoms with Gasteiger partial charge < -0.3 is 14.0 Å². The first-order valence-corrected chi connectivity index (χ1v) is 11.7. The molecule has 9 heteroatoms. The van der Waals surface area contributed by atoms with Crippen LogP contribution in [0.5, 0.6) is 5.88 Å². The number of rotatable bonds is 4. The number of aromatic nitrogens is 3. The minimum absolute atomic E-state index is 0.395. The van der Waals surface area contributed by atoms with Gasteiger partial charge in [-0.25, -0.2) is 9.44 Å². The van der Waals surface area contributed by atoms with Crippen LogP contribution in [-0.4, -0.2) is 40.0 Å². The number of pyridine rings is 1. The highest BCUT2D eigenvalue weighted by molar-refractivity contribution is 14.2. The molecule has 0 amide bonds. The number of hydrogen-bond donors (Lipinski definition) is 0. The van der Waals surface area contributed by atoms with Gasteiger partial charge in [0, 0.05) is 17.3 Å². The first-order valence-electron chi connectivity index (χ1n) is 7.59. The van der Waals surface area contributed by atoms with E-state index in [2.05, 4.69) is 32.1 Å². The summed E-state index contributed by atoms with van der Waals surface area (Å²) in [4.78, 5) is 4.61. The molecule has 2 aromatic rings. The molecular formula is C15H20BIN3O3P. The molecule has 1 saturated heterocycles. The highest BCUT2D eigenvalue weighted by Gasteiger charge is 2.52. The van der Waals surface area contributed by atoms with Crippen LogP contribution in [0.1, 0.15) is 27.7 Å². The fourth-order valence-electron chi connectivity index (χ4n) is 2.43. The van der Waals surface area contributed by atoms with Crippen molar-refractivity contribution >= 4 is 41.1 Å². The normalized spacial score (nSPS) is 19.3. The maximum atomic E-state index is 6.06. The van der Waals surface area contributed by atoms with E-state index in [-0.39, 0.29) is 0 Å². The molecule has 0 N–H and O–H groups in total. The fraction of sp³-hybridized carbons (Fsp3) is 0.467. The maximum absolute atomic E-state index is 6.06. The molecular weight excluding hydrogens is 439 g/mol. The molecule has 1 aliphatic heterocycles. The molecule has 0 bridgehead atoms. The van der Waals surface area contributed by atoms with E-state index in [1.165, 1.54) is 0 Å². The van der Waals surface area contributed by atoms with E-state index in [4.69, 9.17) is 14.0 Å². The Kier molecular flexibility index (Phi) is 4.94.